The molecule has 0 spiro atoms. The highest BCUT2D eigenvalue weighted by molar-refractivity contribution is 5.76. The van der Waals surface area contributed by atoms with E-state index in [1.165, 1.54) is 89.9 Å². The fourth-order valence-electron chi connectivity index (χ4n) is 3.72. The van der Waals surface area contributed by atoms with Crippen LogP contribution in [0.1, 0.15) is 130 Å². The van der Waals surface area contributed by atoms with Crippen LogP contribution in [0.3, 0.4) is 0 Å². The van der Waals surface area contributed by atoms with Crippen molar-refractivity contribution in [2.24, 2.45) is 0 Å². The van der Waals surface area contributed by atoms with Crippen molar-refractivity contribution in [2.45, 2.75) is 142 Å². The van der Waals surface area contributed by atoms with Gasteiger partial charge in [-0.05, 0) is 20.3 Å². The van der Waals surface area contributed by atoms with Crippen LogP contribution >= 0.6 is 0 Å². The standard InChI is InChI=1S/C24H48O4.Al.3H/c1-4-5-6-7-8-9-10-11-12-13-14-15-16-17-18-19-20-28-24(3,23(26)27)21-22(2)25;;;;/h22,25H,4-21H2,1-3H3,(H,26,27);;;;. The minimum absolute atomic E-state index is 0. The Labute approximate surface area is 191 Å². The van der Waals surface area contributed by atoms with Crippen molar-refractivity contribution < 1.29 is 19.7 Å². The summed E-state index contributed by atoms with van der Waals surface area (Å²) in [6, 6.07) is 0. The van der Waals surface area contributed by atoms with Gasteiger partial charge in [-0.3, -0.25) is 0 Å². The number of hydrogen-bond donors (Lipinski definition) is 2. The van der Waals surface area contributed by atoms with E-state index in [2.05, 4.69) is 6.92 Å². The predicted octanol–water partition coefficient (Wildman–Crippen LogP) is 5.69. The zero-order chi connectivity index (χ0) is 21.1. The summed E-state index contributed by atoms with van der Waals surface area (Å²) >= 11 is 0. The third-order valence-electron chi connectivity index (χ3n) is 5.56. The molecule has 0 aromatic heterocycles. The van der Waals surface area contributed by atoms with Crippen LogP contribution in [0.15, 0.2) is 0 Å². The Morgan fingerprint density at radius 1 is 0.793 bits per heavy atom. The molecule has 174 valence electrons. The molecule has 0 saturated heterocycles. The molecule has 0 amide bonds. The molecule has 0 rings (SSSR count). The van der Waals surface area contributed by atoms with Crippen molar-refractivity contribution in [1.82, 2.24) is 0 Å². The fourth-order valence-corrected chi connectivity index (χ4v) is 3.72. The van der Waals surface area contributed by atoms with Crippen molar-refractivity contribution in [3.8, 4) is 0 Å². The molecule has 5 heteroatoms. The summed E-state index contributed by atoms with van der Waals surface area (Å²) in [5.41, 5.74) is -1.27. The molecule has 0 radical (unpaired) electrons. The van der Waals surface area contributed by atoms with Crippen LogP contribution in [0.2, 0.25) is 0 Å². The molecule has 0 fully saturated rings. The van der Waals surface area contributed by atoms with E-state index >= 15 is 0 Å². The van der Waals surface area contributed by atoms with Gasteiger partial charge in [0.2, 0.25) is 0 Å². The Morgan fingerprint density at radius 3 is 1.45 bits per heavy atom. The van der Waals surface area contributed by atoms with Crippen molar-refractivity contribution in [3.05, 3.63) is 0 Å². The minimum Gasteiger partial charge on any atom is -0.479 e. The maximum absolute atomic E-state index is 11.3. The summed E-state index contributed by atoms with van der Waals surface area (Å²) in [6.45, 7) is 5.87. The van der Waals surface area contributed by atoms with Crippen molar-refractivity contribution in [3.63, 3.8) is 0 Å². The second-order valence-corrected chi connectivity index (χ2v) is 8.74. The number of carboxylic acid groups (broad SMARTS) is 1. The van der Waals surface area contributed by atoms with Crippen molar-refractivity contribution in [2.75, 3.05) is 6.61 Å². The van der Waals surface area contributed by atoms with Gasteiger partial charge in [0, 0.05) is 13.0 Å². The molecule has 0 bridgehead atoms. The average Bonchev–Trinajstić information content (AvgIpc) is 2.63. The van der Waals surface area contributed by atoms with Gasteiger partial charge in [-0.2, -0.15) is 0 Å². The van der Waals surface area contributed by atoms with Gasteiger partial charge >= 0.3 is 5.97 Å². The number of aliphatic hydroxyl groups is 1. The van der Waals surface area contributed by atoms with E-state index in [0.717, 1.165) is 12.8 Å². The molecule has 4 nitrogen and oxygen atoms in total. The van der Waals surface area contributed by atoms with E-state index in [1.807, 2.05) is 0 Å². The summed E-state index contributed by atoms with van der Waals surface area (Å²) in [5.74, 6) is -0.995. The van der Waals surface area contributed by atoms with Gasteiger partial charge in [0.05, 0.1) is 6.10 Å². The smallest absolute Gasteiger partial charge is 0.335 e. The SMILES string of the molecule is CCCCCCCCCCCCCCCCCCOC(C)(CC(C)O)C(=O)O.[AlH3]. The van der Waals surface area contributed by atoms with Crippen molar-refractivity contribution in [1.29, 1.82) is 0 Å². The number of carboxylic acids is 1. The number of hydrogen-bond acceptors (Lipinski definition) is 3. The minimum atomic E-state index is -1.27. The van der Waals surface area contributed by atoms with E-state index in [9.17, 15) is 15.0 Å². The van der Waals surface area contributed by atoms with Crippen LogP contribution in [0.25, 0.3) is 0 Å². The van der Waals surface area contributed by atoms with E-state index < -0.39 is 17.7 Å². The largest absolute Gasteiger partial charge is 0.479 e. The van der Waals surface area contributed by atoms with Crippen LogP contribution in [-0.2, 0) is 9.53 Å². The monoisotopic (exact) mass is 430 g/mol. The highest BCUT2D eigenvalue weighted by Crippen LogP contribution is 2.19. The molecule has 2 atom stereocenters. The number of rotatable bonds is 21. The lowest BCUT2D eigenvalue weighted by Crippen LogP contribution is -2.41. The van der Waals surface area contributed by atoms with Gasteiger partial charge in [-0.15, -0.1) is 0 Å². The molecular weight excluding hydrogens is 379 g/mol. The first kappa shape index (κ1) is 31.1. The zero-order valence-corrected chi connectivity index (χ0v) is 19.0. The first-order chi connectivity index (χ1) is 13.4. The molecule has 0 saturated carbocycles. The number of carbonyl (C=O) groups is 1. The number of unbranched alkanes of at least 4 members (excludes halogenated alkanes) is 15. The maximum Gasteiger partial charge on any atom is 0.335 e. The quantitative estimate of drug-likeness (QED) is 0.181. The lowest BCUT2D eigenvalue weighted by atomic mass is 9.99. The second kappa shape index (κ2) is 21.2. The van der Waals surface area contributed by atoms with E-state index in [0.29, 0.717) is 6.61 Å². The first-order valence-corrected chi connectivity index (χ1v) is 12.0. The fraction of sp³-hybridized carbons (Fsp3) is 0.958. The van der Waals surface area contributed by atoms with Crippen LogP contribution in [0.4, 0.5) is 0 Å². The Hall–Kier alpha value is -0.0775. The summed E-state index contributed by atoms with van der Waals surface area (Å²) in [5, 5.41) is 18.7. The molecule has 0 heterocycles. The van der Waals surface area contributed by atoms with Gasteiger partial charge in [-0.1, -0.05) is 103 Å². The highest BCUT2D eigenvalue weighted by atomic mass is 27.0. The van der Waals surface area contributed by atoms with Crippen LogP contribution < -0.4 is 0 Å². The molecule has 0 aliphatic heterocycles. The van der Waals surface area contributed by atoms with Gasteiger partial charge < -0.3 is 14.9 Å². The Bertz CT molecular complexity index is 363. The van der Waals surface area contributed by atoms with Crippen LogP contribution in [-0.4, -0.2) is 51.9 Å². The second-order valence-electron chi connectivity index (χ2n) is 8.74. The normalized spacial score (nSPS) is 14.2. The van der Waals surface area contributed by atoms with Crippen molar-refractivity contribution >= 4 is 23.3 Å². The Kier molecular flexibility index (Phi) is 22.7. The Morgan fingerprint density at radius 2 is 1.14 bits per heavy atom. The number of ether oxygens (including phenoxy) is 1. The van der Waals surface area contributed by atoms with Gasteiger partial charge in [0.15, 0.2) is 23.0 Å². The van der Waals surface area contributed by atoms with Crippen LogP contribution in [0.5, 0.6) is 0 Å². The lowest BCUT2D eigenvalue weighted by molar-refractivity contribution is -0.167. The third kappa shape index (κ3) is 19.6. The lowest BCUT2D eigenvalue weighted by Gasteiger charge is -2.26. The zero-order valence-electron chi connectivity index (χ0n) is 19.0. The predicted molar refractivity (Wildman–Crippen MR) is 128 cm³/mol. The molecule has 2 unspecified atom stereocenters. The topological polar surface area (TPSA) is 66.8 Å². The first-order valence-electron chi connectivity index (χ1n) is 12.0. The van der Waals surface area contributed by atoms with Gasteiger partial charge in [0.25, 0.3) is 0 Å². The molecule has 2 N–H and O–H groups in total. The molecule has 0 aromatic rings. The highest BCUT2D eigenvalue weighted by Gasteiger charge is 2.35. The number of aliphatic hydroxyl groups excluding tert-OH is 1. The molecular formula is C24H51AlO4. The summed E-state index contributed by atoms with van der Waals surface area (Å²) in [7, 11) is 0. The average molecular weight is 431 g/mol. The molecule has 29 heavy (non-hydrogen) atoms. The van der Waals surface area contributed by atoms with E-state index in [4.69, 9.17) is 4.74 Å². The molecule has 0 aliphatic rings. The third-order valence-corrected chi connectivity index (χ3v) is 5.56. The molecule has 0 aliphatic carbocycles. The maximum atomic E-state index is 11.3. The van der Waals surface area contributed by atoms with Gasteiger partial charge in [-0.25, -0.2) is 4.79 Å². The van der Waals surface area contributed by atoms with Gasteiger partial charge in [0.1, 0.15) is 0 Å². The summed E-state index contributed by atoms with van der Waals surface area (Å²) in [6.07, 6.45) is 20.5. The summed E-state index contributed by atoms with van der Waals surface area (Å²) in [4.78, 5) is 11.3. The van der Waals surface area contributed by atoms with E-state index in [1.54, 1.807) is 13.8 Å². The van der Waals surface area contributed by atoms with Crippen LogP contribution in [0, 0.1) is 0 Å². The number of aliphatic carboxylic acids is 1. The summed E-state index contributed by atoms with van der Waals surface area (Å²) < 4.78 is 5.56. The van der Waals surface area contributed by atoms with E-state index in [-0.39, 0.29) is 23.8 Å². The Balaban J connectivity index is 0. The molecule has 0 aromatic carbocycles.